The van der Waals surface area contributed by atoms with Crippen molar-refractivity contribution in [1.29, 1.82) is 0 Å². The molecule has 33 heavy (non-hydrogen) atoms. The normalized spacial score (nSPS) is 19.2. The Morgan fingerprint density at radius 3 is 2.24 bits per heavy atom. The molecule has 2 aliphatic rings. The van der Waals surface area contributed by atoms with Gasteiger partial charge in [0.1, 0.15) is 17.0 Å². The number of halogens is 1. The minimum atomic E-state index is -4.07. The van der Waals surface area contributed by atoms with Crippen LogP contribution in [0.3, 0.4) is 0 Å². The van der Waals surface area contributed by atoms with Gasteiger partial charge in [-0.2, -0.15) is 5.06 Å². The third-order valence-electron chi connectivity index (χ3n) is 5.84. The zero-order chi connectivity index (χ0) is 24.2. The fourth-order valence-corrected chi connectivity index (χ4v) is 8.65. The molecule has 0 aliphatic carbocycles. The number of sulfonamides is 1. The fourth-order valence-electron chi connectivity index (χ4n) is 4.21. The van der Waals surface area contributed by atoms with Gasteiger partial charge in [0.05, 0.1) is 10.6 Å². The molecule has 0 aromatic heterocycles. The predicted octanol–water partition coefficient (Wildman–Crippen LogP) is 4.49. The molecule has 2 aromatic rings. The van der Waals surface area contributed by atoms with E-state index in [1.165, 1.54) is 4.31 Å². The summed E-state index contributed by atoms with van der Waals surface area (Å²) in [6.45, 7) is 7.07. The first kappa shape index (κ1) is 24.1. The van der Waals surface area contributed by atoms with Crippen LogP contribution in [0.5, 0.6) is 0 Å². The SMILES string of the molecule is CN(C)C1=CI=Cc2c1cccc2S(=O)(=O)N(C1=NC(C)(C)N(O)C1(C)C)c1ccccc1. The number of para-hydroxylation sites is 1. The molecule has 0 amide bonds. The highest BCUT2D eigenvalue weighted by Crippen LogP contribution is 2.40. The van der Waals surface area contributed by atoms with Crippen LogP contribution in [0.25, 0.3) is 5.70 Å². The summed E-state index contributed by atoms with van der Waals surface area (Å²) in [6, 6.07) is 14.3. The van der Waals surface area contributed by atoms with Crippen molar-refractivity contribution in [3.63, 3.8) is 0 Å². The minimum absolute atomic E-state index is 0.240. The summed E-state index contributed by atoms with van der Waals surface area (Å²) in [7, 11) is -0.131. The zero-order valence-electron chi connectivity index (χ0n) is 19.6. The summed E-state index contributed by atoms with van der Waals surface area (Å²) in [4.78, 5) is 6.95. The molecule has 4 rings (SSSR count). The van der Waals surface area contributed by atoms with Crippen molar-refractivity contribution in [2.45, 2.75) is 43.8 Å². The van der Waals surface area contributed by atoms with Crippen molar-refractivity contribution in [2.24, 2.45) is 4.99 Å². The fraction of sp³-hybridized carbons (Fsp3) is 0.333. The van der Waals surface area contributed by atoms with E-state index in [4.69, 9.17) is 4.99 Å². The van der Waals surface area contributed by atoms with Crippen LogP contribution in [0.4, 0.5) is 5.69 Å². The molecule has 0 atom stereocenters. The predicted molar refractivity (Wildman–Crippen MR) is 143 cm³/mol. The largest absolute Gasteiger partial charge is 0.377 e. The van der Waals surface area contributed by atoms with Gasteiger partial charge in [-0.3, -0.25) is 0 Å². The van der Waals surface area contributed by atoms with Crippen molar-refractivity contribution >= 4 is 52.0 Å². The summed E-state index contributed by atoms with van der Waals surface area (Å²) >= 11 is -0.432. The molecular weight excluding hydrogens is 551 g/mol. The van der Waals surface area contributed by atoms with Gasteiger partial charge in [-0.05, 0) is 54.0 Å². The average molecular weight is 580 g/mol. The van der Waals surface area contributed by atoms with E-state index < -0.39 is 42.0 Å². The molecule has 0 radical (unpaired) electrons. The Balaban J connectivity index is 1.97. The summed E-state index contributed by atoms with van der Waals surface area (Å²) in [5.74, 6) is 0.271. The van der Waals surface area contributed by atoms with Crippen LogP contribution in [-0.4, -0.2) is 58.7 Å². The molecule has 0 saturated heterocycles. The van der Waals surface area contributed by atoms with Crippen LogP contribution in [0.2, 0.25) is 0 Å². The first-order valence-electron chi connectivity index (χ1n) is 10.5. The van der Waals surface area contributed by atoms with E-state index in [1.54, 1.807) is 64.1 Å². The molecule has 176 valence electrons. The highest BCUT2D eigenvalue weighted by Gasteiger charge is 2.52. The summed E-state index contributed by atoms with van der Waals surface area (Å²) < 4.78 is 34.3. The Bertz CT molecular complexity index is 1280. The van der Waals surface area contributed by atoms with Gasteiger partial charge in [-0.25, -0.2) is 17.7 Å². The van der Waals surface area contributed by atoms with Gasteiger partial charge >= 0.3 is 0 Å². The standard InChI is InChI=1S/C24H29IN4O3S/c1-23(2)22(26-24(3,4)29(23)30)28(17-11-8-7-9-12-17)33(31,32)21-14-10-13-18-19(21)15-25-16-20(18)27(5)6/h7-16,30H,1-6H3. The lowest BCUT2D eigenvalue weighted by molar-refractivity contribution is -0.188. The van der Waals surface area contributed by atoms with Gasteiger partial charge in [0.25, 0.3) is 10.0 Å². The Kier molecular flexibility index (Phi) is 6.05. The molecule has 0 fully saturated rings. The van der Waals surface area contributed by atoms with Gasteiger partial charge in [-0.1, -0.05) is 51.1 Å². The number of fused-ring (bicyclic) bond motifs is 1. The first-order valence-corrected chi connectivity index (χ1v) is 14.5. The van der Waals surface area contributed by atoms with Crippen molar-refractivity contribution in [3.8, 4) is 0 Å². The molecule has 1 N–H and O–H groups in total. The van der Waals surface area contributed by atoms with Gasteiger partial charge in [-0.15, -0.1) is 0 Å². The number of hydroxylamine groups is 2. The number of amidine groups is 1. The third-order valence-corrected chi connectivity index (χ3v) is 9.55. The van der Waals surface area contributed by atoms with E-state index in [1.807, 2.05) is 31.1 Å². The molecule has 0 saturated carbocycles. The van der Waals surface area contributed by atoms with Crippen LogP contribution >= 0.6 is 20.7 Å². The van der Waals surface area contributed by atoms with Gasteiger partial charge in [0.2, 0.25) is 0 Å². The van der Waals surface area contributed by atoms with E-state index in [0.717, 1.165) is 21.9 Å². The van der Waals surface area contributed by atoms with Gasteiger partial charge in [0, 0.05) is 30.9 Å². The van der Waals surface area contributed by atoms with E-state index in [2.05, 4.69) is 8.09 Å². The summed E-state index contributed by atoms with van der Waals surface area (Å²) in [5, 5.41) is 12.0. The lowest BCUT2D eigenvalue weighted by atomic mass is 10.0. The molecule has 7 nitrogen and oxygen atoms in total. The Hall–Kier alpha value is -2.08. The number of rotatable bonds is 4. The number of anilines is 1. The Morgan fingerprint density at radius 1 is 1.00 bits per heavy atom. The lowest BCUT2D eigenvalue weighted by Crippen LogP contribution is -2.55. The molecular formula is C24H29IN4O3S. The monoisotopic (exact) mass is 580 g/mol. The summed E-state index contributed by atoms with van der Waals surface area (Å²) in [6.07, 6.45) is 0. The maximum atomic E-state index is 14.4. The Morgan fingerprint density at radius 2 is 1.67 bits per heavy atom. The first-order chi connectivity index (χ1) is 15.4. The van der Waals surface area contributed by atoms with Crippen LogP contribution in [0, 0.1) is 0 Å². The van der Waals surface area contributed by atoms with Crippen LogP contribution in [0.1, 0.15) is 38.8 Å². The Labute approximate surface area is 205 Å². The quantitative estimate of drug-likeness (QED) is 0.540. The second kappa shape index (κ2) is 8.30. The average Bonchev–Trinajstić information content (AvgIpc) is 2.92. The second-order valence-corrected chi connectivity index (χ2v) is 13.0. The van der Waals surface area contributed by atoms with Crippen LogP contribution in [-0.2, 0) is 10.0 Å². The molecule has 9 heteroatoms. The maximum Gasteiger partial charge on any atom is 0.270 e. The van der Waals surface area contributed by atoms with Gasteiger partial charge in [0.15, 0.2) is 0 Å². The molecule has 0 unspecified atom stereocenters. The van der Waals surface area contributed by atoms with Crippen LogP contribution < -0.4 is 4.31 Å². The van der Waals surface area contributed by atoms with Crippen LogP contribution in [0.15, 0.2) is 62.5 Å². The third kappa shape index (κ3) is 3.94. The van der Waals surface area contributed by atoms with Crippen molar-refractivity contribution < 1.29 is 13.6 Å². The molecule has 2 aromatic carbocycles. The number of aliphatic imine (C=N–C) groups is 1. The lowest BCUT2D eigenvalue weighted by Gasteiger charge is -2.36. The second-order valence-electron chi connectivity index (χ2n) is 9.25. The van der Waals surface area contributed by atoms with E-state index >= 15 is 0 Å². The topological polar surface area (TPSA) is 76.5 Å². The number of nitrogens with zero attached hydrogens (tertiary/aromatic N) is 4. The highest BCUT2D eigenvalue weighted by atomic mass is 127. The number of hydrogen-bond acceptors (Lipinski definition) is 6. The van der Waals surface area contributed by atoms with Crippen molar-refractivity contribution in [3.05, 3.63) is 63.7 Å². The smallest absolute Gasteiger partial charge is 0.270 e. The van der Waals surface area contributed by atoms with Gasteiger partial charge < -0.3 is 10.1 Å². The number of benzene rings is 2. The molecule has 0 spiro atoms. The minimum Gasteiger partial charge on any atom is -0.377 e. The number of hydrogen-bond donors (Lipinski definition) is 1. The van der Waals surface area contributed by atoms with E-state index in [9.17, 15) is 13.6 Å². The highest BCUT2D eigenvalue weighted by molar-refractivity contribution is 14.2. The molecule has 0 bridgehead atoms. The van der Waals surface area contributed by atoms with Crippen molar-refractivity contribution in [2.75, 3.05) is 18.4 Å². The molecule has 2 aliphatic heterocycles. The van der Waals surface area contributed by atoms with E-state index in [-0.39, 0.29) is 10.7 Å². The maximum absolute atomic E-state index is 14.4. The van der Waals surface area contributed by atoms with E-state index in [0.29, 0.717) is 5.69 Å². The van der Waals surface area contributed by atoms with Crippen molar-refractivity contribution in [1.82, 2.24) is 9.96 Å². The molecule has 2 heterocycles. The zero-order valence-corrected chi connectivity index (χ0v) is 22.6. The summed E-state index contributed by atoms with van der Waals surface area (Å²) in [5.41, 5.74) is 1.13.